The van der Waals surface area contributed by atoms with Crippen LogP contribution in [-0.2, 0) is 0 Å². The van der Waals surface area contributed by atoms with Crippen molar-refractivity contribution in [2.75, 3.05) is 5.32 Å². The monoisotopic (exact) mass is 290 g/mol. The molecule has 1 amide bonds. The van der Waals surface area contributed by atoms with E-state index in [0.29, 0.717) is 0 Å². The average molecular weight is 290 g/mol. The number of benzene rings is 2. The minimum absolute atomic E-state index is 0.0104. The summed E-state index contributed by atoms with van der Waals surface area (Å²) in [5, 5.41) is 41.0. The molecule has 0 aliphatic carbocycles. The molecule has 0 fully saturated rings. The number of anilines is 1. The zero-order valence-corrected chi connectivity index (χ0v) is 10.5. The Bertz CT molecular complexity index is 729. The fourth-order valence-electron chi connectivity index (χ4n) is 1.60. The fraction of sp³-hybridized carbons (Fsp3) is 0. The minimum Gasteiger partial charge on any atom is -0.506 e. The van der Waals surface area contributed by atoms with Crippen molar-refractivity contribution in [2.45, 2.75) is 0 Å². The van der Waals surface area contributed by atoms with Crippen LogP contribution in [0.1, 0.15) is 10.4 Å². The maximum atomic E-state index is 11.9. The molecule has 2 aromatic carbocycles. The predicted molar refractivity (Wildman–Crippen MR) is 72.5 cm³/mol. The van der Waals surface area contributed by atoms with Crippen molar-refractivity contribution in [2.24, 2.45) is 0 Å². The average Bonchev–Trinajstić information content (AvgIpc) is 2.43. The Hall–Kier alpha value is -3.29. The van der Waals surface area contributed by atoms with Crippen LogP contribution in [0.4, 0.5) is 11.4 Å². The number of nitrogens with zero attached hydrogens (tertiary/aromatic N) is 1. The number of phenolic OH excluding ortho intramolecular Hbond substituents is 3. The second kappa shape index (κ2) is 5.37. The van der Waals surface area contributed by atoms with Gasteiger partial charge in [0.05, 0.1) is 10.6 Å². The number of phenols is 3. The molecule has 0 unspecified atom stereocenters. The molecule has 8 heteroatoms. The second-order valence-electron chi connectivity index (χ2n) is 4.12. The van der Waals surface area contributed by atoms with Crippen molar-refractivity contribution in [1.29, 1.82) is 0 Å². The number of carbonyl (C=O) groups is 1. The van der Waals surface area contributed by atoms with E-state index in [1.807, 2.05) is 0 Å². The molecule has 0 atom stereocenters. The molecule has 0 radical (unpaired) electrons. The van der Waals surface area contributed by atoms with Gasteiger partial charge in [0.2, 0.25) is 0 Å². The first-order chi connectivity index (χ1) is 9.88. The van der Waals surface area contributed by atoms with Gasteiger partial charge in [-0.1, -0.05) is 0 Å². The molecule has 108 valence electrons. The number of aromatic hydroxyl groups is 3. The summed E-state index contributed by atoms with van der Waals surface area (Å²) in [7, 11) is 0. The molecule has 0 saturated heterocycles. The van der Waals surface area contributed by atoms with Gasteiger partial charge in [-0.3, -0.25) is 14.9 Å². The summed E-state index contributed by atoms with van der Waals surface area (Å²) in [6.07, 6.45) is 0. The largest absolute Gasteiger partial charge is 0.506 e. The molecule has 0 aliphatic rings. The van der Waals surface area contributed by atoms with E-state index < -0.39 is 16.6 Å². The van der Waals surface area contributed by atoms with E-state index in [9.17, 15) is 25.1 Å². The Morgan fingerprint density at radius 2 is 1.67 bits per heavy atom. The van der Waals surface area contributed by atoms with Gasteiger partial charge in [0.25, 0.3) is 11.6 Å². The lowest BCUT2D eigenvalue weighted by atomic mass is 10.1. The third kappa shape index (κ3) is 3.00. The van der Waals surface area contributed by atoms with Gasteiger partial charge in [-0.15, -0.1) is 0 Å². The number of hydrogen-bond donors (Lipinski definition) is 4. The van der Waals surface area contributed by atoms with E-state index >= 15 is 0 Å². The van der Waals surface area contributed by atoms with Gasteiger partial charge in [-0.25, -0.2) is 0 Å². The molecule has 0 bridgehead atoms. The molecule has 0 saturated carbocycles. The molecule has 8 nitrogen and oxygen atoms in total. The van der Waals surface area contributed by atoms with Crippen LogP contribution < -0.4 is 5.32 Å². The lowest BCUT2D eigenvalue weighted by Gasteiger charge is -2.08. The van der Waals surface area contributed by atoms with Crippen molar-refractivity contribution in [3.63, 3.8) is 0 Å². The van der Waals surface area contributed by atoms with Crippen molar-refractivity contribution < 1.29 is 25.0 Å². The molecule has 21 heavy (non-hydrogen) atoms. The van der Waals surface area contributed by atoms with E-state index in [2.05, 4.69) is 5.32 Å². The SMILES string of the molecule is O=C(Nc1cc([N+](=O)[O-])ccc1O)c1ccc(O)c(O)c1. The molecular formula is C13H10N2O6. The zero-order valence-electron chi connectivity index (χ0n) is 10.5. The smallest absolute Gasteiger partial charge is 0.271 e. The Balaban J connectivity index is 2.28. The van der Waals surface area contributed by atoms with E-state index in [0.717, 1.165) is 30.3 Å². The summed E-state index contributed by atoms with van der Waals surface area (Å²) in [6.45, 7) is 0. The summed E-state index contributed by atoms with van der Waals surface area (Å²) in [5.74, 6) is -1.91. The van der Waals surface area contributed by atoms with Crippen LogP contribution in [0.3, 0.4) is 0 Å². The summed E-state index contributed by atoms with van der Waals surface area (Å²) in [4.78, 5) is 21.9. The van der Waals surface area contributed by atoms with Crippen LogP contribution in [0.2, 0.25) is 0 Å². The second-order valence-corrected chi connectivity index (χ2v) is 4.12. The molecule has 0 spiro atoms. The first-order valence-corrected chi connectivity index (χ1v) is 5.69. The van der Waals surface area contributed by atoms with Gasteiger partial charge < -0.3 is 20.6 Å². The minimum atomic E-state index is -0.707. The third-order valence-corrected chi connectivity index (χ3v) is 2.68. The van der Waals surface area contributed by atoms with Crippen LogP contribution in [0.25, 0.3) is 0 Å². The topological polar surface area (TPSA) is 133 Å². The summed E-state index contributed by atoms with van der Waals surface area (Å²) in [6, 6.07) is 6.59. The van der Waals surface area contributed by atoms with Crippen LogP contribution >= 0.6 is 0 Å². The number of hydrogen-bond acceptors (Lipinski definition) is 6. The van der Waals surface area contributed by atoms with E-state index in [1.165, 1.54) is 6.07 Å². The van der Waals surface area contributed by atoms with Crippen molar-refractivity contribution >= 4 is 17.3 Å². The van der Waals surface area contributed by atoms with Gasteiger partial charge in [-0.05, 0) is 24.3 Å². The fourth-order valence-corrected chi connectivity index (χ4v) is 1.60. The molecule has 0 aliphatic heterocycles. The number of carbonyl (C=O) groups excluding carboxylic acids is 1. The van der Waals surface area contributed by atoms with Gasteiger partial charge in [0.15, 0.2) is 11.5 Å². The summed E-state index contributed by atoms with van der Waals surface area (Å²) < 4.78 is 0. The third-order valence-electron chi connectivity index (χ3n) is 2.68. The lowest BCUT2D eigenvalue weighted by molar-refractivity contribution is -0.384. The first-order valence-electron chi connectivity index (χ1n) is 5.69. The van der Waals surface area contributed by atoms with Crippen LogP contribution in [0.5, 0.6) is 17.2 Å². The van der Waals surface area contributed by atoms with E-state index in [-0.39, 0.29) is 28.4 Å². The standard InChI is InChI=1S/C13H10N2O6/c16-10-4-2-8(15(20)21)6-9(10)14-13(19)7-1-3-11(17)12(18)5-7/h1-6,16-18H,(H,14,19). The quantitative estimate of drug-likeness (QED) is 0.388. The normalized spacial score (nSPS) is 10.1. The Labute approximate surface area is 118 Å². The van der Waals surface area contributed by atoms with Crippen molar-refractivity contribution in [1.82, 2.24) is 0 Å². The lowest BCUT2D eigenvalue weighted by Crippen LogP contribution is -2.12. The molecule has 4 N–H and O–H groups in total. The Morgan fingerprint density at radius 1 is 1.00 bits per heavy atom. The van der Waals surface area contributed by atoms with Crippen molar-refractivity contribution in [3.05, 3.63) is 52.1 Å². The van der Waals surface area contributed by atoms with Gasteiger partial charge in [0, 0.05) is 17.7 Å². The highest BCUT2D eigenvalue weighted by Crippen LogP contribution is 2.29. The van der Waals surface area contributed by atoms with Crippen LogP contribution in [0, 0.1) is 10.1 Å². The van der Waals surface area contributed by atoms with Gasteiger partial charge in [0.1, 0.15) is 5.75 Å². The number of non-ortho nitro benzene ring substituents is 1. The molecule has 2 rings (SSSR count). The highest BCUT2D eigenvalue weighted by atomic mass is 16.6. The van der Waals surface area contributed by atoms with E-state index in [4.69, 9.17) is 5.11 Å². The van der Waals surface area contributed by atoms with Crippen LogP contribution in [-0.4, -0.2) is 26.2 Å². The highest BCUT2D eigenvalue weighted by Gasteiger charge is 2.14. The molecule has 0 heterocycles. The van der Waals surface area contributed by atoms with E-state index in [1.54, 1.807) is 0 Å². The summed E-state index contributed by atoms with van der Waals surface area (Å²) >= 11 is 0. The number of rotatable bonds is 3. The zero-order chi connectivity index (χ0) is 15.6. The number of amides is 1. The highest BCUT2D eigenvalue weighted by molar-refractivity contribution is 6.05. The van der Waals surface area contributed by atoms with Crippen molar-refractivity contribution in [3.8, 4) is 17.2 Å². The molecule has 2 aromatic rings. The Kier molecular flexibility index (Phi) is 3.61. The number of nitro groups is 1. The predicted octanol–water partition coefficient (Wildman–Crippen LogP) is 1.96. The van der Waals surface area contributed by atoms with Gasteiger partial charge >= 0.3 is 0 Å². The first kappa shape index (κ1) is 14.1. The maximum Gasteiger partial charge on any atom is 0.271 e. The number of nitro benzene ring substituents is 1. The number of nitrogens with one attached hydrogen (secondary N) is 1. The Morgan fingerprint density at radius 3 is 2.29 bits per heavy atom. The van der Waals surface area contributed by atoms with Crippen LogP contribution in [0.15, 0.2) is 36.4 Å². The molecule has 0 aromatic heterocycles. The maximum absolute atomic E-state index is 11.9. The summed E-state index contributed by atoms with van der Waals surface area (Å²) in [5.41, 5.74) is -0.422. The van der Waals surface area contributed by atoms with Gasteiger partial charge in [-0.2, -0.15) is 0 Å². The molecular weight excluding hydrogens is 280 g/mol.